The smallest absolute Gasteiger partial charge is 0.206 e. The second-order valence-electron chi connectivity index (χ2n) is 9.03. The van der Waals surface area contributed by atoms with Crippen molar-refractivity contribution in [2.75, 3.05) is 5.75 Å². The van der Waals surface area contributed by atoms with Crippen LogP contribution in [-0.2, 0) is 7.05 Å². The predicted molar refractivity (Wildman–Crippen MR) is 154 cm³/mol. The third kappa shape index (κ3) is 4.97. The highest BCUT2D eigenvalue weighted by Crippen LogP contribution is 2.31. The van der Waals surface area contributed by atoms with Gasteiger partial charge in [-0.25, -0.2) is 0 Å². The van der Waals surface area contributed by atoms with Crippen molar-refractivity contribution < 1.29 is 9.59 Å². The van der Waals surface area contributed by atoms with Gasteiger partial charge in [-0.1, -0.05) is 35.9 Å². The van der Waals surface area contributed by atoms with Gasteiger partial charge in [0.25, 0.3) is 0 Å². The number of rotatable bonds is 8. The molecule has 5 rings (SSSR count). The average Bonchev–Trinajstić information content (AvgIpc) is 3.19. The van der Waals surface area contributed by atoms with E-state index in [2.05, 4.69) is 4.57 Å². The number of fused-ring (bicyclic) bond motifs is 3. The largest absolute Gasteiger partial charge is 0.344 e. The van der Waals surface area contributed by atoms with Crippen LogP contribution in [0.3, 0.4) is 0 Å². The van der Waals surface area contributed by atoms with E-state index in [0.717, 1.165) is 32.3 Å². The van der Waals surface area contributed by atoms with Crippen molar-refractivity contribution in [2.24, 2.45) is 7.05 Å². The second kappa shape index (κ2) is 10.4. The molecule has 184 valence electrons. The highest BCUT2D eigenvalue weighted by atomic mass is 35.5. The number of aromatic nitrogens is 1. The molecule has 0 aliphatic carbocycles. The molecule has 0 aliphatic rings. The van der Waals surface area contributed by atoms with Gasteiger partial charge < -0.3 is 9.98 Å². The lowest BCUT2D eigenvalue weighted by Crippen LogP contribution is -2.14. The zero-order chi connectivity index (χ0) is 26.1. The topological polar surface area (TPSA) is 62.9 Å². The molecule has 0 bridgehead atoms. The Morgan fingerprint density at radius 3 is 2.16 bits per heavy atom. The number of nitrogens with one attached hydrogen (secondary N) is 1. The van der Waals surface area contributed by atoms with Crippen LogP contribution in [0.5, 0.6) is 0 Å². The first-order valence-corrected chi connectivity index (χ1v) is 13.3. The van der Waals surface area contributed by atoms with E-state index in [1.54, 1.807) is 17.8 Å². The van der Waals surface area contributed by atoms with Gasteiger partial charge in [0.15, 0.2) is 5.78 Å². The minimum absolute atomic E-state index is 0.0239. The van der Waals surface area contributed by atoms with Gasteiger partial charge in [0.1, 0.15) is 0 Å². The van der Waals surface area contributed by atoms with Crippen molar-refractivity contribution >= 4 is 62.4 Å². The summed E-state index contributed by atoms with van der Waals surface area (Å²) in [6, 6.07) is 26.4. The maximum absolute atomic E-state index is 13.2. The first-order chi connectivity index (χ1) is 17.8. The number of halogens is 1. The Labute approximate surface area is 224 Å². The molecule has 0 saturated heterocycles. The Morgan fingerprint density at radius 2 is 1.49 bits per heavy atom. The van der Waals surface area contributed by atoms with Crippen LogP contribution in [0, 0.1) is 12.3 Å². The summed E-state index contributed by atoms with van der Waals surface area (Å²) in [7, 11) is 1.98. The summed E-state index contributed by atoms with van der Waals surface area (Å²) in [4.78, 5) is 27.4. The number of thioether (sulfide) groups is 1. The van der Waals surface area contributed by atoms with Gasteiger partial charge in [0.2, 0.25) is 5.78 Å². The Hall–Kier alpha value is -3.67. The molecule has 0 amide bonds. The minimum Gasteiger partial charge on any atom is -0.344 e. The zero-order valence-electron chi connectivity index (χ0n) is 20.5. The second-order valence-corrected chi connectivity index (χ2v) is 10.6. The van der Waals surface area contributed by atoms with Gasteiger partial charge in [0, 0.05) is 67.6 Å². The van der Waals surface area contributed by atoms with Crippen LogP contribution < -0.4 is 0 Å². The summed E-state index contributed by atoms with van der Waals surface area (Å²) >= 11 is 7.53. The number of hydrogen-bond donors (Lipinski definition) is 1. The first kappa shape index (κ1) is 25.0. The van der Waals surface area contributed by atoms with Crippen molar-refractivity contribution in [3.8, 4) is 0 Å². The first-order valence-electron chi connectivity index (χ1n) is 12.0. The summed E-state index contributed by atoms with van der Waals surface area (Å²) in [6.07, 6.45) is 0.370. The number of ketones is 2. The van der Waals surface area contributed by atoms with E-state index in [-0.39, 0.29) is 17.3 Å². The SMILES string of the molecule is Cc1ccccc1C(=O)c1ccc2c(c1)c1cc(C(=O)C(=N)CCSc3ccc(Cl)cc3)ccc1n2C. The van der Waals surface area contributed by atoms with Crippen molar-refractivity contribution in [3.05, 3.63) is 112 Å². The van der Waals surface area contributed by atoms with Crippen LogP contribution in [0.4, 0.5) is 0 Å². The van der Waals surface area contributed by atoms with E-state index in [9.17, 15) is 9.59 Å². The van der Waals surface area contributed by atoms with Crippen LogP contribution in [-0.4, -0.2) is 27.6 Å². The lowest BCUT2D eigenvalue weighted by molar-refractivity contribution is 0.103. The van der Waals surface area contributed by atoms with Crippen LogP contribution in [0.2, 0.25) is 5.02 Å². The molecule has 4 aromatic carbocycles. The highest BCUT2D eigenvalue weighted by molar-refractivity contribution is 7.99. The lowest BCUT2D eigenvalue weighted by Gasteiger charge is -2.06. The zero-order valence-corrected chi connectivity index (χ0v) is 22.1. The van der Waals surface area contributed by atoms with E-state index < -0.39 is 0 Å². The molecular weight excluding hydrogens is 500 g/mol. The van der Waals surface area contributed by atoms with Gasteiger partial charge in [-0.3, -0.25) is 9.59 Å². The van der Waals surface area contributed by atoms with Crippen LogP contribution in [0.15, 0.2) is 89.8 Å². The fourth-order valence-corrected chi connectivity index (χ4v) is 5.57. The lowest BCUT2D eigenvalue weighted by atomic mass is 9.97. The maximum Gasteiger partial charge on any atom is 0.206 e. The van der Waals surface area contributed by atoms with E-state index in [1.807, 2.05) is 92.8 Å². The van der Waals surface area contributed by atoms with Crippen molar-refractivity contribution in [1.82, 2.24) is 4.57 Å². The van der Waals surface area contributed by atoms with Crippen molar-refractivity contribution in [3.63, 3.8) is 0 Å². The van der Waals surface area contributed by atoms with Crippen molar-refractivity contribution in [1.29, 1.82) is 5.41 Å². The molecule has 0 aliphatic heterocycles. The van der Waals surface area contributed by atoms with E-state index in [4.69, 9.17) is 17.0 Å². The fourth-order valence-electron chi connectivity index (χ4n) is 4.57. The fraction of sp³-hybridized carbons (Fsp3) is 0.129. The number of nitrogens with zero attached hydrogens (tertiary/aromatic N) is 1. The number of benzene rings is 4. The Morgan fingerprint density at radius 1 is 0.865 bits per heavy atom. The Kier molecular flexibility index (Phi) is 7.00. The van der Waals surface area contributed by atoms with Gasteiger partial charge in [-0.15, -0.1) is 11.8 Å². The normalized spacial score (nSPS) is 11.2. The molecule has 4 nitrogen and oxygen atoms in total. The minimum atomic E-state index is -0.275. The number of hydrogen-bond acceptors (Lipinski definition) is 4. The van der Waals surface area contributed by atoms with Crippen molar-refractivity contribution in [2.45, 2.75) is 18.2 Å². The van der Waals surface area contributed by atoms with E-state index in [0.29, 0.717) is 33.9 Å². The van der Waals surface area contributed by atoms with Crippen LogP contribution in [0.25, 0.3) is 21.8 Å². The summed E-state index contributed by atoms with van der Waals surface area (Å²) < 4.78 is 2.06. The monoisotopic (exact) mass is 524 g/mol. The number of Topliss-reactive ketones (excluding diaryl/α,β-unsaturated/α-hetero) is 1. The molecule has 6 heteroatoms. The molecule has 5 aromatic rings. The third-order valence-electron chi connectivity index (χ3n) is 6.63. The highest BCUT2D eigenvalue weighted by Gasteiger charge is 2.18. The summed E-state index contributed by atoms with van der Waals surface area (Å²) in [5.74, 6) is 0.333. The Balaban J connectivity index is 1.41. The molecule has 37 heavy (non-hydrogen) atoms. The quantitative estimate of drug-likeness (QED) is 0.127. The number of aryl methyl sites for hydroxylation is 2. The average molecular weight is 525 g/mol. The molecule has 0 saturated carbocycles. The molecule has 1 aromatic heterocycles. The molecule has 1 N–H and O–H groups in total. The third-order valence-corrected chi connectivity index (χ3v) is 7.89. The molecule has 0 spiro atoms. The van der Waals surface area contributed by atoms with Crippen LogP contribution in [0.1, 0.15) is 38.3 Å². The van der Waals surface area contributed by atoms with E-state index >= 15 is 0 Å². The maximum atomic E-state index is 13.2. The summed E-state index contributed by atoms with van der Waals surface area (Å²) in [6.45, 7) is 1.93. The van der Waals surface area contributed by atoms with Gasteiger partial charge >= 0.3 is 0 Å². The molecule has 0 radical (unpaired) electrons. The summed E-state index contributed by atoms with van der Waals surface area (Å²) in [5.41, 5.74) is 4.74. The number of carbonyl (C=O) groups excluding carboxylic acids is 2. The molecule has 0 fully saturated rings. The summed E-state index contributed by atoms with van der Waals surface area (Å²) in [5, 5.41) is 10.9. The van der Waals surface area contributed by atoms with Gasteiger partial charge in [-0.2, -0.15) is 0 Å². The van der Waals surface area contributed by atoms with Gasteiger partial charge in [0.05, 0.1) is 5.71 Å². The standard InChI is InChI=1S/C31H25ClN2O2S/c1-19-5-3-4-6-24(19)30(35)20-7-13-28-25(17-20)26-18-21(8-14-29(26)34(28)2)31(36)27(33)15-16-37-23-11-9-22(32)10-12-23/h3-14,17-18,33H,15-16H2,1-2H3. The van der Waals surface area contributed by atoms with E-state index in [1.165, 1.54) is 0 Å². The molecule has 0 unspecified atom stereocenters. The molecular formula is C31H25ClN2O2S. The predicted octanol–water partition coefficient (Wildman–Crippen LogP) is 7.91. The Bertz CT molecular complexity index is 1690. The number of carbonyl (C=O) groups is 2. The molecule has 1 heterocycles. The van der Waals surface area contributed by atoms with Crippen LogP contribution >= 0.6 is 23.4 Å². The van der Waals surface area contributed by atoms with Gasteiger partial charge in [-0.05, 0) is 73.2 Å². The molecule has 0 atom stereocenters.